The number of aryl methyl sites for hydroxylation is 1. The van der Waals surface area contributed by atoms with Crippen LogP contribution in [0.1, 0.15) is 22.5 Å². The van der Waals surface area contributed by atoms with Gasteiger partial charge in [-0.3, -0.25) is 4.79 Å². The number of carbonyl (C=O) groups excluding carboxylic acids is 1. The van der Waals surface area contributed by atoms with Crippen LogP contribution in [-0.2, 0) is 6.42 Å². The van der Waals surface area contributed by atoms with Crippen molar-refractivity contribution in [2.24, 2.45) is 0 Å². The number of rotatable bonds is 8. The third kappa shape index (κ3) is 4.55. The van der Waals surface area contributed by atoms with Gasteiger partial charge in [0, 0.05) is 42.3 Å². The van der Waals surface area contributed by atoms with E-state index in [1.807, 2.05) is 60.7 Å². The molecule has 2 heterocycles. The Hall–Kier alpha value is -3.93. The molecule has 0 atom stereocenters. The minimum absolute atomic E-state index is 0.0241. The third-order valence-corrected chi connectivity index (χ3v) is 4.56. The van der Waals surface area contributed by atoms with Crippen molar-refractivity contribution >= 4 is 5.78 Å². The molecule has 0 saturated heterocycles. The lowest BCUT2D eigenvalue weighted by molar-refractivity contribution is 0.0980. The molecule has 0 aliphatic carbocycles. The number of benzene rings is 2. The summed E-state index contributed by atoms with van der Waals surface area (Å²) in [6.45, 7) is 0. The van der Waals surface area contributed by atoms with E-state index in [2.05, 4.69) is 10.1 Å². The molecule has 0 fully saturated rings. The summed E-state index contributed by atoms with van der Waals surface area (Å²) < 4.78 is 16.4. The Bertz CT molecular complexity index is 1120. The van der Waals surface area contributed by atoms with Crippen LogP contribution in [0.3, 0.4) is 0 Å². The molecular weight excluding hydrogens is 380 g/mol. The van der Waals surface area contributed by atoms with Crippen molar-refractivity contribution in [1.29, 1.82) is 0 Å². The number of ketones is 1. The van der Waals surface area contributed by atoms with Gasteiger partial charge in [0.1, 0.15) is 23.0 Å². The molecule has 6 nitrogen and oxygen atoms in total. The molecule has 0 unspecified atom stereocenters. The highest BCUT2D eigenvalue weighted by Crippen LogP contribution is 2.29. The molecule has 0 amide bonds. The summed E-state index contributed by atoms with van der Waals surface area (Å²) in [7, 11) is 1.61. The molecule has 0 spiro atoms. The Labute approximate surface area is 174 Å². The summed E-state index contributed by atoms with van der Waals surface area (Å²) >= 11 is 0. The topological polar surface area (TPSA) is 74.5 Å². The smallest absolute Gasteiger partial charge is 0.219 e. The maximum absolute atomic E-state index is 12.5. The highest BCUT2D eigenvalue weighted by Gasteiger charge is 2.13. The molecule has 4 aromatic rings. The lowest BCUT2D eigenvalue weighted by Crippen LogP contribution is -2.01. The van der Waals surface area contributed by atoms with Gasteiger partial charge in [0.15, 0.2) is 5.78 Å². The van der Waals surface area contributed by atoms with Gasteiger partial charge in [-0.2, -0.15) is 0 Å². The van der Waals surface area contributed by atoms with Gasteiger partial charge in [0.05, 0.1) is 7.11 Å². The zero-order valence-electron chi connectivity index (χ0n) is 16.4. The number of methoxy groups -OCH3 is 1. The molecule has 2 aromatic carbocycles. The van der Waals surface area contributed by atoms with Crippen molar-refractivity contribution in [2.75, 3.05) is 7.11 Å². The van der Waals surface area contributed by atoms with Crippen LogP contribution in [-0.4, -0.2) is 23.0 Å². The lowest BCUT2D eigenvalue weighted by atomic mass is 10.1. The van der Waals surface area contributed by atoms with Crippen molar-refractivity contribution < 1.29 is 18.8 Å². The summed E-state index contributed by atoms with van der Waals surface area (Å²) in [6, 6.07) is 22.2. The van der Waals surface area contributed by atoms with E-state index in [4.69, 9.17) is 14.0 Å². The van der Waals surface area contributed by atoms with E-state index in [1.165, 1.54) is 6.20 Å². The predicted molar refractivity (Wildman–Crippen MR) is 112 cm³/mol. The molecule has 0 N–H and O–H groups in total. The van der Waals surface area contributed by atoms with Crippen molar-refractivity contribution in [3.63, 3.8) is 0 Å². The molecule has 4 rings (SSSR count). The fourth-order valence-corrected chi connectivity index (χ4v) is 3.01. The molecule has 0 aliphatic heterocycles. The Kier molecular flexibility index (Phi) is 5.85. The molecule has 0 radical (unpaired) electrons. The van der Waals surface area contributed by atoms with Gasteiger partial charge in [-0.25, -0.2) is 4.98 Å². The Balaban J connectivity index is 1.36. The maximum Gasteiger partial charge on any atom is 0.219 e. The van der Waals surface area contributed by atoms with E-state index >= 15 is 0 Å². The van der Waals surface area contributed by atoms with Crippen molar-refractivity contribution in [3.05, 3.63) is 90.3 Å². The molecule has 30 heavy (non-hydrogen) atoms. The number of hydrogen-bond donors (Lipinski definition) is 0. The average Bonchev–Trinajstić information content (AvgIpc) is 3.27. The van der Waals surface area contributed by atoms with Gasteiger partial charge in [-0.1, -0.05) is 35.5 Å². The van der Waals surface area contributed by atoms with Crippen molar-refractivity contribution in [2.45, 2.75) is 12.8 Å². The first-order chi connectivity index (χ1) is 14.7. The monoisotopic (exact) mass is 400 g/mol. The molecule has 0 saturated carbocycles. The third-order valence-electron chi connectivity index (χ3n) is 4.56. The Morgan fingerprint density at radius 1 is 1.00 bits per heavy atom. The van der Waals surface area contributed by atoms with Crippen LogP contribution in [0.2, 0.25) is 0 Å². The van der Waals surface area contributed by atoms with Crippen LogP contribution in [0.4, 0.5) is 0 Å². The van der Waals surface area contributed by atoms with E-state index in [1.54, 1.807) is 19.2 Å². The quantitative estimate of drug-likeness (QED) is 0.371. The number of nitrogens with zero attached hydrogens (tertiary/aromatic N) is 2. The average molecular weight is 400 g/mol. The Morgan fingerprint density at radius 2 is 1.80 bits per heavy atom. The van der Waals surface area contributed by atoms with Crippen LogP contribution in [0, 0.1) is 0 Å². The maximum atomic E-state index is 12.5. The number of hydrogen-bond acceptors (Lipinski definition) is 6. The number of pyridine rings is 1. The first-order valence-electron chi connectivity index (χ1n) is 9.54. The van der Waals surface area contributed by atoms with Crippen LogP contribution in [0.15, 0.2) is 83.5 Å². The van der Waals surface area contributed by atoms with E-state index < -0.39 is 0 Å². The zero-order valence-corrected chi connectivity index (χ0v) is 16.4. The predicted octanol–water partition coefficient (Wildman–Crippen LogP) is 5.35. The van der Waals surface area contributed by atoms with Crippen molar-refractivity contribution in [3.8, 4) is 28.6 Å². The Morgan fingerprint density at radius 3 is 2.57 bits per heavy atom. The highest BCUT2D eigenvalue weighted by molar-refractivity contribution is 5.95. The van der Waals surface area contributed by atoms with Crippen LogP contribution < -0.4 is 9.47 Å². The second kappa shape index (κ2) is 9.05. The summed E-state index contributed by atoms with van der Waals surface area (Å²) in [5.74, 6) is 2.47. The summed E-state index contributed by atoms with van der Waals surface area (Å²) in [4.78, 5) is 16.7. The fraction of sp³-hybridized carbons (Fsp3) is 0.125. The van der Waals surface area contributed by atoms with Crippen molar-refractivity contribution in [1.82, 2.24) is 10.1 Å². The largest absolute Gasteiger partial charge is 0.496 e. The number of para-hydroxylation sites is 2. The van der Waals surface area contributed by atoms with Gasteiger partial charge in [-0.15, -0.1) is 0 Å². The van der Waals surface area contributed by atoms with Gasteiger partial charge in [0.2, 0.25) is 5.88 Å². The molecule has 150 valence electrons. The second-order valence-electron chi connectivity index (χ2n) is 6.60. The number of Topliss-reactive ketones (excluding diaryl/α,β-unsaturated/α-hetero) is 1. The first-order valence-corrected chi connectivity index (χ1v) is 9.54. The van der Waals surface area contributed by atoms with Crippen LogP contribution in [0.25, 0.3) is 11.3 Å². The van der Waals surface area contributed by atoms with E-state index in [0.29, 0.717) is 41.5 Å². The van der Waals surface area contributed by atoms with Gasteiger partial charge in [-0.05, 0) is 30.3 Å². The molecule has 0 bridgehead atoms. The molecule has 0 aliphatic rings. The second-order valence-corrected chi connectivity index (χ2v) is 6.60. The molecule has 6 heteroatoms. The van der Waals surface area contributed by atoms with Crippen LogP contribution in [0.5, 0.6) is 17.4 Å². The zero-order chi connectivity index (χ0) is 20.8. The van der Waals surface area contributed by atoms with E-state index in [-0.39, 0.29) is 5.78 Å². The standard InChI is InChI=1S/C24H20N2O4/c1-28-23-10-6-5-9-20(23)21-15-19(30-26-21)12-13-22(27)17-11-14-24(25-16-17)29-18-7-3-2-4-8-18/h2-11,14-16H,12-13H2,1H3. The van der Waals surface area contributed by atoms with Gasteiger partial charge >= 0.3 is 0 Å². The SMILES string of the molecule is COc1ccccc1-c1cc(CCC(=O)c2ccc(Oc3ccccc3)nc2)on1. The summed E-state index contributed by atoms with van der Waals surface area (Å²) in [5, 5.41) is 4.10. The van der Waals surface area contributed by atoms with E-state index in [0.717, 1.165) is 11.3 Å². The summed E-state index contributed by atoms with van der Waals surface area (Å²) in [6.07, 6.45) is 2.27. The summed E-state index contributed by atoms with van der Waals surface area (Å²) in [5.41, 5.74) is 2.05. The lowest BCUT2D eigenvalue weighted by Gasteiger charge is -2.05. The number of aromatic nitrogens is 2. The van der Waals surface area contributed by atoms with Crippen LogP contribution >= 0.6 is 0 Å². The molecular formula is C24H20N2O4. The molecule has 2 aromatic heterocycles. The minimum atomic E-state index is -0.0241. The fourth-order valence-electron chi connectivity index (χ4n) is 3.01. The minimum Gasteiger partial charge on any atom is -0.496 e. The van der Waals surface area contributed by atoms with E-state index in [9.17, 15) is 4.79 Å². The van der Waals surface area contributed by atoms with Gasteiger partial charge in [0.25, 0.3) is 0 Å². The van der Waals surface area contributed by atoms with Gasteiger partial charge < -0.3 is 14.0 Å². The first kappa shape index (κ1) is 19.4. The highest BCUT2D eigenvalue weighted by atomic mass is 16.5. The normalized spacial score (nSPS) is 10.6. The number of ether oxygens (including phenoxy) is 2. The number of carbonyl (C=O) groups is 1.